The van der Waals surface area contributed by atoms with Crippen LogP contribution in [0.5, 0.6) is 11.5 Å². The summed E-state index contributed by atoms with van der Waals surface area (Å²) in [4.78, 5) is 12.6. The number of thioether (sulfide) groups is 4. The van der Waals surface area contributed by atoms with Crippen molar-refractivity contribution in [3.8, 4) is 22.9 Å². The van der Waals surface area contributed by atoms with Crippen molar-refractivity contribution in [3.05, 3.63) is 196 Å². The van der Waals surface area contributed by atoms with Gasteiger partial charge in [0.2, 0.25) is 0 Å². The van der Waals surface area contributed by atoms with Gasteiger partial charge in [0, 0.05) is 21.4 Å². The molecule has 6 aromatic carbocycles. The highest BCUT2D eigenvalue weighted by Crippen LogP contribution is 2.54. The van der Waals surface area contributed by atoms with Gasteiger partial charge in [-0.25, -0.2) is 9.98 Å². The molecule has 0 unspecified atom stereocenters. The van der Waals surface area contributed by atoms with Crippen molar-refractivity contribution in [3.63, 3.8) is 0 Å². The number of benzene rings is 6. The van der Waals surface area contributed by atoms with Crippen LogP contribution in [0.1, 0.15) is 42.5 Å². The summed E-state index contributed by atoms with van der Waals surface area (Å²) < 4.78 is 18.7. The van der Waals surface area contributed by atoms with E-state index in [1.54, 1.807) is 83.9 Å². The molecule has 0 aliphatic carbocycles. The fraction of sp³-hybridized carbons (Fsp3) is 0.120. The van der Waals surface area contributed by atoms with Crippen LogP contribution in [0.3, 0.4) is 0 Å². The summed E-state index contributed by atoms with van der Waals surface area (Å²) in [6, 6.07) is 49.4. The van der Waals surface area contributed by atoms with E-state index in [2.05, 4.69) is 81.9 Å². The molecule has 0 amide bonds. The predicted molar refractivity (Wildman–Crippen MR) is 290 cm³/mol. The van der Waals surface area contributed by atoms with Crippen LogP contribution in [-0.4, -0.2) is 32.1 Å². The van der Waals surface area contributed by atoms with Crippen LogP contribution in [0.15, 0.2) is 166 Å². The van der Waals surface area contributed by atoms with E-state index in [4.69, 9.17) is 67.1 Å². The molecule has 10 rings (SSSR count). The molecule has 0 bridgehead atoms. The van der Waals surface area contributed by atoms with Gasteiger partial charge in [-0.15, -0.1) is 22.7 Å². The number of aromatic nitrogens is 2. The molecular formula is C50H36Cl2N4O2S8. The molecule has 2 atom stereocenters. The number of halogens is 2. The standard InChI is InChI=1S/C50H36Cl2N4O2S8/c1-57-39-25-17-35(18-26-39)53-47-61-41(31-9-13-33(51)14-10-31)43-45(65-47)55(49(59)63-43)37-21-5-29(6-22-37)3-4-30-7-23-38(24-8-30)56-46-44(64-50(56)60)42(32-11-15-34(52)16-12-32)62-48(66-46)54-36-19-27-40(58-2)28-20-36/h5-28,41-42H,3-4H2,1-2H3/t41-,42-/m1/s1. The first-order valence-electron chi connectivity index (χ1n) is 20.5. The summed E-state index contributed by atoms with van der Waals surface area (Å²) in [6.45, 7) is 0. The minimum atomic E-state index is 0.0239. The van der Waals surface area contributed by atoms with Crippen molar-refractivity contribution in [1.29, 1.82) is 0 Å². The van der Waals surface area contributed by atoms with Crippen LogP contribution < -0.4 is 9.47 Å². The molecule has 8 aromatic rings. The molecule has 2 aliphatic rings. The summed E-state index contributed by atoms with van der Waals surface area (Å²) in [6.07, 6.45) is 1.79. The second-order valence-corrected chi connectivity index (χ2v) is 23.9. The minimum Gasteiger partial charge on any atom is -0.497 e. The van der Waals surface area contributed by atoms with Gasteiger partial charge in [0.15, 0.2) is 7.91 Å². The summed E-state index contributed by atoms with van der Waals surface area (Å²) in [5.41, 5.74) is 8.61. The zero-order valence-electron chi connectivity index (χ0n) is 35.1. The molecule has 0 spiro atoms. The van der Waals surface area contributed by atoms with Crippen molar-refractivity contribution in [2.45, 2.75) is 33.4 Å². The molecule has 2 aromatic heterocycles. The fourth-order valence-corrected chi connectivity index (χ4v) is 16.8. The third kappa shape index (κ3) is 9.91. The molecule has 0 N–H and O–H groups in total. The lowest BCUT2D eigenvalue weighted by molar-refractivity contribution is 0.415. The Hall–Kier alpha value is -4.06. The lowest BCUT2D eigenvalue weighted by atomic mass is 10.0. The topological polar surface area (TPSA) is 53.0 Å². The molecule has 0 saturated heterocycles. The number of hydrogen-bond donors (Lipinski definition) is 0. The Morgan fingerprint density at radius 3 is 1.21 bits per heavy atom. The van der Waals surface area contributed by atoms with Crippen LogP contribution >= 0.6 is 117 Å². The van der Waals surface area contributed by atoms with Gasteiger partial charge in [0.05, 0.1) is 45.8 Å². The maximum atomic E-state index is 6.32. The van der Waals surface area contributed by atoms with Crippen molar-refractivity contribution < 1.29 is 9.47 Å². The van der Waals surface area contributed by atoms with Crippen LogP contribution in [-0.2, 0) is 12.8 Å². The molecule has 0 fully saturated rings. The fourth-order valence-electron chi connectivity index (χ4n) is 7.49. The maximum Gasteiger partial charge on any atom is 0.166 e. The monoisotopic (exact) mass is 1050 g/mol. The Bertz CT molecular complexity index is 3000. The Balaban J connectivity index is 0.881. The first-order valence-corrected chi connectivity index (χ1v) is 27.1. The molecule has 4 heterocycles. The first-order chi connectivity index (χ1) is 32.2. The summed E-state index contributed by atoms with van der Waals surface area (Å²) in [7, 11) is 3.34. The summed E-state index contributed by atoms with van der Waals surface area (Å²) in [5.74, 6) is 1.59. The zero-order valence-corrected chi connectivity index (χ0v) is 43.1. The molecular weight excluding hydrogens is 1020 g/mol. The molecule has 0 saturated carbocycles. The largest absolute Gasteiger partial charge is 0.497 e. The maximum absolute atomic E-state index is 6.32. The minimum absolute atomic E-state index is 0.0239. The van der Waals surface area contributed by atoms with E-state index in [1.165, 1.54) is 20.9 Å². The normalized spacial score (nSPS) is 16.8. The van der Waals surface area contributed by atoms with Gasteiger partial charge in [-0.2, -0.15) is 0 Å². The van der Waals surface area contributed by atoms with Gasteiger partial charge in [-0.3, -0.25) is 9.13 Å². The molecule has 330 valence electrons. The molecule has 6 nitrogen and oxygen atoms in total. The Morgan fingerprint density at radius 2 is 0.864 bits per heavy atom. The van der Waals surface area contributed by atoms with E-state index in [0.29, 0.717) is 10.0 Å². The van der Waals surface area contributed by atoms with Crippen LogP contribution in [0, 0.1) is 7.91 Å². The van der Waals surface area contributed by atoms with E-state index in [1.807, 2.05) is 72.8 Å². The number of hydrogen-bond acceptors (Lipinski definition) is 12. The predicted octanol–water partition coefficient (Wildman–Crippen LogP) is 17.2. The van der Waals surface area contributed by atoms with Crippen molar-refractivity contribution >= 4 is 137 Å². The van der Waals surface area contributed by atoms with E-state index in [9.17, 15) is 0 Å². The average molecular weight is 1050 g/mol. The molecule has 16 heteroatoms. The summed E-state index contributed by atoms with van der Waals surface area (Å²) in [5, 5.41) is 3.65. The number of nitrogens with zero attached hydrogens (tertiary/aromatic N) is 4. The average Bonchev–Trinajstić information content (AvgIpc) is 3.86. The van der Waals surface area contributed by atoms with Crippen LogP contribution in [0.4, 0.5) is 11.4 Å². The van der Waals surface area contributed by atoms with E-state index >= 15 is 0 Å². The van der Waals surface area contributed by atoms with Gasteiger partial charge in [0.25, 0.3) is 0 Å². The number of methoxy groups -OCH3 is 2. The highest BCUT2D eigenvalue weighted by molar-refractivity contribution is 8.40. The van der Waals surface area contributed by atoms with Gasteiger partial charge in [-0.1, -0.05) is 95.3 Å². The number of thiazole rings is 2. The molecule has 66 heavy (non-hydrogen) atoms. The number of fused-ring (bicyclic) bond motifs is 2. The van der Waals surface area contributed by atoms with E-state index in [-0.39, 0.29) is 10.5 Å². The molecule has 0 radical (unpaired) electrons. The number of ether oxygens (including phenoxy) is 2. The summed E-state index contributed by atoms with van der Waals surface area (Å²) >= 11 is 34.9. The first kappa shape index (κ1) is 45.7. The zero-order chi connectivity index (χ0) is 45.3. The lowest BCUT2D eigenvalue weighted by Crippen LogP contribution is -2.08. The quantitative estimate of drug-likeness (QED) is 0.119. The number of aliphatic imine (C=N–C) groups is 2. The lowest BCUT2D eigenvalue weighted by Gasteiger charge is -2.24. The van der Waals surface area contributed by atoms with Crippen molar-refractivity contribution in [1.82, 2.24) is 9.13 Å². The number of rotatable bonds is 11. The SMILES string of the molecule is COc1ccc(N=C2Sc3c(sc(=S)n3-c3ccc(CCc4ccc(-n5c6c(sc5=S)[C@@H](c5ccc(Cl)cc5)SC(=Nc5ccc(OC)cc5)S6)cc4)cc3)[C@@H](c3ccc(Cl)cc3)S2)cc1. The van der Waals surface area contributed by atoms with Gasteiger partial charge >= 0.3 is 0 Å². The third-order valence-corrected chi connectivity index (χ3v) is 19.7. The second kappa shape index (κ2) is 20.3. The van der Waals surface area contributed by atoms with Gasteiger partial charge in [0.1, 0.15) is 30.3 Å². The van der Waals surface area contributed by atoms with Crippen LogP contribution in [0.2, 0.25) is 10.0 Å². The van der Waals surface area contributed by atoms with Crippen molar-refractivity contribution in [2.24, 2.45) is 9.98 Å². The Labute approximate surface area is 428 Å². The Morgan fingerprint density at radius 1 is 0.500 bits per heavy atom. The molecule has 2 aliphatic heterocycles. The van der Waals surface area contributed by atoms with Gasteiger partial charge < -0.3 is 9.47 Å². The number of aryl methyl sites for hydroxylation is 2. The smallest absolute Gasteiger partial charge is 0.166 e. The third-order valence-electron chi connectivity index (χ3n) is 10.9. The van der Waals surface area contributed by atoms with Crippen LogP contribution in [0.25, 0.3) is 11.4 Å². The van der Waals surface area contributed by atoms with Crippen molar-refractivity contribution in [2.75, 3.05) is 14.2 Å². The van der Waals surface area contributed by atoms with E-state index < -0.39 is 0 Å². The highest BCUT2D eigenvalue weighted by atomic mass is 35.5. The highest BCUT2D eigenvalue weighted by Gasteiger charge is 2.34. The van der Waals surface area contributed by atoms with Gasteiger partial charge in [-0.05, 0) is 180 Å². The Kier molecular flexibility index (Phi) is 14.0. The second-order valence-electron chi connectivity index (χ2n) is 15.0. The van der Waals surface area contributed by atoms with E-state index in [0.717, 1.165) is 84.9 Å².